The lowest BCUT2D eigenvalue weighted by molar-refractivity contribution is -0.135. The minimum Gasteiger partial charge on any atom is -0.497 e. The predicted molar refractivity (Wildman–Crippen MR) is 96.4 cm³/mol. The third-order valence-electron chi connectivity index (χ3n) is 4.65. The third-order valence-corrected chi connectivity index (χ3v) is 4.65. The van der Waals surface area contributed by atoms with Crippen molar-refractivity contribution in [2.75, 3.05) is 19.1 Å². The number of carbonyl (C=O) groups is 2. The summed E-state index contributed by atoms with van der Waals surface area (Å²) >= 11 is 0. The maximum Gasteiger partial charge on any atom is 0.242 e. The molecular formula is C20H22N2O3. The van der Waals surface area contributed by atoms with E-state index in [1.807, 2.05) is 54.6 Å². The fourth-order valence-electron chi connectivity index (χ4n) is 2.85. The lowest BCUT2D eigenvalue weighted by atomic mass is 10.0. The number of nitrogens with one attached hydrogen (secondary N) is 1. The second kappa shape index (κ2) is 6.97. The summed E-state index contributed by atoms with van der Waals surface area (Å²) in [6, 6.07) is 16.9. The Hall–Kier alpha value is -2.82. The summed E-state index contributed by atoms with van der Waals surface area (Å²) < 4.78 is 5.12. The molecule has 0 bridgehead atoms. The van der Waals surface area contributed by atoms with Crippen LogP contribution in [0.25, 0.3) is 0 Å². The Morgan fingerprint density at radius 1 is 1.08 bits per heavy atom. The van der Waals surface area contributed by atoms with Gasteiger partial charge in [0.1, 0.15) is 11.2 Å². The van der Waals surface area contributed by atoms with Crippen LogP contribution >= 0.6 is 0 Å². The highest BCUT2D eigenvalue weighted by Gasteiger charge is 2.57. The van der Waals surface area contributed by atoms with E-state index in [1.165, 1.54) is 0 Å². The summed E-state index contributed by atoms with van der Waals surface area (Å²) in [7, 11) is 3.33. The number of methoxy groups -OCH3 is 1. The topological polar surface area (TPSA) is 58.6 Å². The van der Waals surface area contributed by atoms with Gasteiger partial charge in [0.25, 0.3) is 0 Å². The van der Waals surface area contributed by atoms with E-state index in [9.17, 15) is 9.59 Å². The Balaban J connectivity index is 1.63. The SMILES string of the molecule is COc1ccc(CNC(=O)C2(C(=O)N(C)c3ccccc3)CC2)cc1. The second-order valence-electron chi connectivity index (χ2n) is 6.31. The van der Waals surface area contributed by atoms with E-state index in [0.717, 1.165) is 17.0 Å². The van der Waals surface area contributed by atoms with Crippen LogP contribution in [0.3, 0.4) is 0 Å². The molecule has 0 saturated heterocycles. The van der Waals surface area contributed by atoms with E-state index >= 15 is 0 Å². The van der Waals surface area contributed by atoms with Crippen molar-refractivity contribution in [3.8, 4) is 5.75 Å². The van der Waals surface area contributed by atoms with Crippen molar-refractivity contribution in [1.82, 2.24) is 5.32 Å². The monoisotopic (exact) mass is 338 g/mol. The summed E-state index contributed by atoms with van der Waals surface area (Å²) in [5.74, 6) is 0.426. The van der Waals surface area contributed by atoms with Gasteiger partial charge in [-0.25, -0.2) is 0 Å². The highest BCUT2D eigenvalue weighted by atomic mass is 16.5. The molecule has 2 aromatic carbocycles. The molecule has 0 spiro atoms. The molecule has 2 aromatic rings. The Morgan fingerprint density at radius 2 is 1.72 bits per heavy atom. The van der Waals surface area contributed by atoms with Crippen molar-refractivity contribution in [3.63, 3.8) is 0 Å². The van der Waals surface area contributed by atoms with Crippen molar-refractivity contribution >= 4 is 17.5 Å². The Labute approximate surface area is 147 Å². The minimum atomic E-state index is -0.920. The third kappa shape index (κ3) is 3.50. The Morgan fingerprint density at radius 3 is 2.28 bits per heavy atom. The summed E-state index contributed by atoms with van der Waals surface area (Å²) in [5.41, 5.74) is 0.840. The quantitative estimate of drug-likeness (QED) is 0.824. The van der Waals surface area contributed by atoms with Crippen LogP contribution in [0.2, 0.25) is 0 Å². The first-order chi connectivity index (χ1) is 12.1. The van der Waals surface area contributed by atoms with E-state index in [0.29, 0.717) is 19.4 Å². The average molecular weight is 338 g/mol. The van der Waals surface area contributed by atoms with Crippen LogP contribution in [0.15, 0.2) is 54.6 Å². The largest absolute Gasteiger partial charge is 0.497 e. The first-order valence-electron chi connectivity index (χ1n) is 8.31. The number of hydrogen-bond acceptors (Lipinski definition) is 3. The van der Waals surface area contributed by atoms with Gasteiger partial charge in [-0.05, 0) is 42.7 Å². The van der Waals surface area contributed by atoms with Gasteiger partial charge >= 0.3 is 0 Å². The predicted octanol–water partition coefficient (Wildman–Crippen LogP) is 2.75. The molecule has 5 heteroatoms. The zero-order valence-corrected chi connectivity index (χ0v) is 14.5. The number of anilines is 1. The number of para-hydroxylation sites is 1. The van der Waals surface area contributed by atoms with Crippen LogP contribution in [-0.4, -0.2) is 26.0 Å². The van der Waals surface area contributed by atoms with Gasteiger partial charge in [0.15, 0.2) is 0 Å². The van der Waals surface area contributed by atoms with E-state index in [2.05, 4.69) is 5.32 Å². The molecule has 25 heavy (non-hydrogen) atoms. The molecular weight excluding hydrogens is 316 g/mol. The molecule has 130 valence electrons. The van der Waals surface area contributed by atoms with Gasteiger partial charge in [-0.1, -0.05) is 30.3 Å². The molecule has 0 unspecified atom stereocenters. The molecule has 0 aliphatic heterocycles. The number of benzene rings is 2. The van der Waals surface area contributed by atoms with Crippen LogP contribution in [0.4, 0.5) is 5.69 Å². The summed E-state index contributed by atoms with van der Waals surface area (Å²) in [6.45, 7) is 0.396. The van der Waals surface area contributed by atoms with Crippen LogP contribution in [0, 0.1) is 5.41 Å². The van der Waals surface area contributed by atoms with E-state index < -0.39 is 5.41 Å². The lowest BCUT2D eigenvalue weighted by Crippen LogP contribution is -2.43. The maximum absolute atomic E-state index is 12.8. The molecule has 0 atom stereocenters. The molecule has 1 aliphatic carbocycles. The zero-order chi connectivity index (χ0) is 17.9. The molecule has 1 saturated carbocycles. The van der Waals surface area contributed by atoms with Crippen LogP contribution in [0.5, 0.6) is 5.75 Å². The molecule has 0 heterocycles. The number of ether oxygens (including phenoxy) is 1. The van der Waals surface area contributed by atoms with Crippen molar-refractivity contribution < 1.29 is 14.3 Å². The minimum absolute atomic E-state index is 0.147. The molecule has 0 aromatic heterocycles. The van der Waals surface area contributed by atoms with Crippen molar-refractivity contribution in [2.24, 2.45) is 5.41 Å². The molecule has 1 aliphatic rings. The van der Waals surface area contributed by atoms with Gasteiger partial charge in [-0.3, -0.25) is 9.59 Å². The first kappa shape index (κ1) is 17.0. The van der Waals surface area contributed by atoms with Gasteiger partial charge in [-0.2, -0.15) is 0 Å². The van der Waals surface area contributed by atoms with Gasteiger partial charge in [0.2, 0.25) is 11.8 Å². The van der Waals surface area contributed by atoms with Crippen molar-refractivity contribution in [3.05, 3.63) is 60.2 Å². The van der Waals surface area contributed by atoms with Crippen LogP contribution < -0.4 is 15.0 Å². The van der Waals surface area contributed by atoms with Crippen molar-refractivity contribution in [1.29, 1.82) is 0 Å². The lowest BCUT2D eigenvalue weighted by Gasteiger charge is -2.23. The van der Waals surface area contributed by atoms with Crippen molar-refractivity contribution in [2.45, 2.75) is 19.4 Å². The van der Waals surface area contributed by atoms with E-state index in [-0.39, 0.29) is 11.8 Å². The molecule has 5 nitrogen and oxygen atoms in total. The highest BCUT2D eigenvalue weighted by molar-refractivity contribution is 6.13. The van der Waals surface area contributed by atoms with E-state index in [4.69, 9.17) is 4.74 Å². The molecule has 1 fully saturated rings. The number of nitrogens with zero attached hydrogens (tertiary/aromatic N) is 1. The van der Waals surface area contributed by atoms with Gasteiger partial charge in [0.05, 0.1) is 7.11 Å². The summed E-state index contributed by atoms with van der Waals surface area (Å²) in [5, 5.41) is 2.90. The summed E-state index contributed by atoms with van der Waals surface area (Å²) in [4.78, 5) is 27.0. The number of amides is 2. The average Bonchev–Trinajstić information content (AvgIpc) is 3.48. The van der Waals surface area contributed by atoms with Crippen LogP contribution in [0.1, 0.15) is 18.4 Å². The van der Waals surface area contributed by atoms with Gasteiger partial charge < -0.3 is 15.0 Å². The Kier molecular flexibility index (Phi) is 4.74. The highest BCUT2D eigenvalue weighted by Crippen LogP contribution is 2.48. The standard InChI is InChI=1S/C20H22N2O3/c1-22(16-6-4-3-5-7-16)19(24)20(12-13-20)18(23)21-14-15-8-10-17(25-2)11-9-15/h3-11H,12-14H2,1-2H3,(H,21,23). The fourth-order valence-corrected chi connectivity index (χ4v) is 2.85. The maximum atomic E-state index is 12.8. The molecule has 0 radical (unpaired) electrons. The smallest absolute Gasteiger partial charge is 0.242 e. The fraction of sp³-hybridized carbons (Fsp3) is 0.300. The Bertz CT molecular complexity index is 752. The van der Waals surface area contributed by atoms with Gasteiger partial charge in [0, 0.05) is 19.3 Å². The number of hydrogen-bond donors (Lipinski definition) is 1. The number of rotatable bonds is 6. The second-order valence-corrected chi connectivity index (χ2v) is 6.31. The zero-order valence-electron chi connectivity index (χ0n) is 14.5. The van der Waals surface area contributed by atoms with Gasteiger partial charge in [-0.15, -0.1) is 0 Å². The molecule has 2 amide bonds. The molecule has 3 rings (SSSR count). The first-order valence-corrected chi connectivity index (χ1v) is 8.31. The number of carbonyl (C=O) groups excluding carboxylic acids is 2. The summed E-state index contributed by atoms with van der Waals surface area (Å²) in [6.07, 6.45) is 1.19. The normalized spacial score (nSPS) is 14.5. The van der Waals surface area contributed by atoms with Crippen LogP contribution in [-0.2, 0) is 16.1 Å². The molecule has 1 N–H and O–H groups in total. The van der Waals surface area contributed by atoms with E-state index in [1.54, 1.807) is 19.1 Å².